The summed E-state index contributed by atoms with van der Waals surface area (Å²) in [5.74, 6) is -1.09. The predicted molar refractivity (Wildman–Crippen MR) is 88.7 cm³/mol. The lowest BCUT2D eigenvalue weighted by molar-refractivity contribution is -0.182. The lowest BCUT2D eigenvalue weighted by Gasteiger charge is -2.36. The Morgan fingerprint density at radius 1 is 1.40 bits per heavy atom. The predicted octanol–water partition coefficient (Wildman–Crippen LogP) is 2.27. The normalized spacial score (nSPS) is 33.8. The van der Waals surface area contributed by atoms with Crippen LogP contribution in [0.4, 0.5) is 0 Å². The molecule has 2 saturated carbocycles. The van der Waals surface area contributed by atoms with Crippen molar-refractivity contribution in [1.82, 2.24) is 0 Å². The van der Waals surface area contributed by atoms with Gasteiger partial charge >= 0.3 is 11.9 Å². The Labute approximate surface area is 151 Å². The topological polar surface area (TPSA) is 102 Å². The number of carbonyl (C=O) groups is 2. The van der Waals surface area contributed by atoms with E-state index in [0.717, 1.165) is 19.3 Å². The average molecular weight is 375 g/mol. The summed E-state index contributed by atoms with van der Waals surface area (Å²) in [4.78, 5) is 24.5. The Bertz CT molecular complexity index is 561. The molecule has 6 unspecified atom stereocenters. The molecule has 7 nitrogen and oxygen atoms in total. The molecular formula is C17H27O7S-. The monoisotopic (exact) mass is 375 g/mol. The van der Waals surface area contributed by atoms with E-state index in [1.54, 1.807) is 13.8 Å². The first-order valence-electron chi connectivity index (χ1n) is 8.68. The van der Waals surface area contributed by atoms with Crippen molar-refractivity contribution in [2.24, 2.45) is 16.7 Å². The van der Waals surface area contributed by atoms with E-state index in [0.29, 0.717) is 6.42 Å². The fraction of sp³-hybridized carbons (Fsp3) is 0.882. The van der Waals surface area contributed by atoms with E-state index in [1.807, 2.05) is 13.8 Å². The summed E-state index contributed by atoms with van der Waals surface area (Å²) < 4.78 is 37.7. The molecule has 0 aromatic carbocycles. The van der Waals surface area contributed by atoms with Crippen molar-refractivity contribution in [3.63, 3.8) is 0 Å². The standard InChI is InChI=1S/C17H28O7S/c1-6-16(3,4)15(19)22-10(2)14(18)23-13-12(24-25(20)21)11-7-8-17(13,5)9-11/h10-13H,6-9H2,1-5H3,(H,20,21)/p-1. The number of rotatable bonds is 7. The molecule has 2 aliphatic rings. The zero-order chi connectivity index (χ0) is 19.0. The van der Waals surface area contributed by atoms with Crippen LogP contribution in [0.25, 0.3) is 0 Å². The van der Waals surface area contributed by atoms with Gasteiger partial charge in [0.25, 0.3) is 0 Å². The number of carbonyl (C=O) groups excluding carboxylic acids is 2. The van der Waals surface area contributed by atoms with Crippen molar-refractivity contribution < 1.29 is 32.0 Å². The van der Waals surface area contributed by atoms with E-state index >= 15 is 0 Å². The summed E-state index contributed by atoms with van der Waals surface area (Å²) >= 11 is -2.67. The average Bonchev–Trinajstić information content (AvgIpc) is 3.02. The fourth-order valence-electron chi connectivity index (χ4n) is 3.66. The first kappa shape index (κ1) is 20.3. The van der Waals surface area contributed by atoms with Gasteiger partial charge in [0.2, 0.25) is 0 Å². The van der Waals surface area contributed by atoms with Crippen LogP contribution in [0.1, 0.15) is 60.3 Å². The Kier molecular flexibility index (Phi) is 5.95. The zero-order valence-corrected chi connectivity index (χ0v) is 16.2. The minimum atomic E-state index is -2.67. The summed E-state index contributed by atoms with van der Waals surface area (Å²) in [6.07, 6.45) is 0.650. The van der Waals surface area contributed by atoms with Gasteiger partial charge in [-0.05, 0) is 52.4 Å². The molecular weight excluding hydrogens is 348 g/mol. The van der Waals surface area contributed by atoms with Crippen LogP contribution in [0.2, 0.25) is 0 Å². The molecule has 8 heteroatoms. The highest BCUT2D eigenvalue weighted by molar-refractivity contribution is 7.74. The van der Waals surface area contributed by atoms with Gasteiger partial charge in [0.15, 0.2) is 6.10 Å². The molecule has 0 spiro atoms. The molecule has 144 valence electrons. The third-order valence-corrected chi connectivity index (χ3v) is 6.13. The molecule has 0 radical (unpaired) electrons. The van der Waals surface area contributed by atoms with Crippen LogP contribution < -0.4 is 0 Å². The van der Waals surface area contributed by atoms with Gasteiger partial charge in [-0.2, -0.15) is 0 Å². The second-order valence-corrected chi connectivity index (χ2v) is 8.67. The van der Waals surface area contributed by atoms with Gasteiger partial charge in [0.1, 0.15) is 12.2 Å². The number of hydrogen-bond acceptors (Lipinski definition) is 7. The molecule has 25 heavy (non-hydrogen) atoms. The van der Waals surface area contributed by atoms with E-state index in [9.17, 15) is 18.4 Å². The maximum atomic E-state index is 12.4. The maximum absolute atomic E-state index is 12.4. The van der Waals surface area contributed by atoms with Crippen LogP contribution in [0.5, 0.6) is 0 Å². The largest absolute Gasteiger partial charge is 0.750 e. The first-order chi connectivity index (χ1) is 11.5. The van der Waals surface area contributed by atoms with Crippen LogP contribution in [0.3, 0.4) is 0 Å². The summed E-state index contributed by atoms with van der Waals surface area (Å²) in [7, 11) is 0. The van der Waals surface area contributed by atoms with E-state index < -0.39 is 47.0 Å². The maximum Gasteiger partial charge on any atom is 0.347 e. The van der Waals surface area contributed by atoms with E-state index in [4.69, 9.17) is 13.7 Å². The summed E-state index contributed by atoms with van der Waals surface area (Å²) in [5.41, 5.74) is -0.991. The van der Waals surface area contributed by atoms with Crippen molar-refractivity contribution >= 4 is 23.3 Å². The van der Waals surface area contributed by atoms with E-state index in [-0.39, 0.29) is 11.3 Å². The number of esters is 2. The second kappa shape index (κ2) is 7.32. The zero-order valence-electron chi connectivity index (χ0n) is 15.4. The quantitative estimate of drug-likeness (QED) is 0.497. The van der Waals surface area contributed by atoms with Crippen LogP contribution in [-0.4, -0.2) is 39.0 Å². The van der Waals surface area contributed by atoms with Gasteiger partial charge in [0, 0.05) is 5.41 Å². The molecule has 6 atom stereocenters. The van der Waals surface area contributed by atoms with Crippen molar-refractivity contribution in [3.05, 3.63) is 0 Å². The van der Waals surface area contributed by atoms with Crippen molar-refractivity contribution in [3.8, 4) is 0 Å². The van der Waals surface area contributed by atoms with E-state index in [1.165, 1.54) is 6.92 Å². The van der Waals surface area contributed by atoms with Gasteiger partial charge in [0.05, 0.1) is 16.8 Å². The highest BCUT2D eigenvalue weighted by Gasteiger charge is 2.58. The highest BCUT2D eigenvalue weighted by atomic mass is 32.2. The van der Waals surface area contributed by atoms with Gasteiger partial charge in [-0.3, -0.25) is 8.98 Å². The van der Waals surface area contributed by atoms with Crippen molar-refractivity contribution in [2.75, 3.05) is 0 Å². The first-order valence-corrected chi connectivity index (χ1v) is 9.68. The summed E-state index contributed by atoms with van der Waals surface area (Å²) in [5, 5.41) is 0. The Morgan fingerprint density at radius 2 is 2.04 bits per heavy atom. The van der Waals surface area contributed by atoms with E-state index in [2.05, 4.69) is 0 Å². The van der Waals surface area contributed by atoms with Gasteiger partial charge in [-0.25, -0.2) is 9.00 Å². The molecule has 2 bridgehead atoms. The van der Waals surface area contributed by atoms with Gasteiger partial charge in [-0.15, -0.1) is 0 Å². The van der Waals surface area contributed by atoms with Crippen LogP contribution in [-0.2, 0) is 34.6 Å². The number of ether oxygens (including phenoxy) is 2. The minimum absolute atomic E-state index is 0.0533. The Morgan fingerprint density at radius 3 is 2.60 bits per heavy atom. The van der Waals surface area contributed by atoms with Gasteiger partial charge in [-0.1, -0.05) is 13.8 Å². The number of fused-ring (bicyclic) bond motifs is 2. The Balaban J connectivity index is 2.02. The molecule has 2 rings (SSSR count). The molecule has 0 saturated heterocycles. The lowest BCUT2D eigenvalue weighted by Crippen LogP contribution is -2.45. The van der Waals surface area contributed by atoms with Crippen LogP contribution >= 0.6 is 0 Å². The molecule has 0 heterocycles. The molecule has 2 aliphatic carbocycles. The molecule has 0 N–H and O–H groups in total. The molecule has 0 amide bonds. The Hall–Kier alpha value is -0.990. The van der Waals surface area contributed by atoms with Crippen molar-refractivity contribution in [2.45, 2.75) is 78.6 Å². The molecule has 0 aromatic rings. The highest BCUT2D eigenvalue weighted by Crippen LogP contribution is 2.56. The molecule has 0 aliphatic heterocycles. The third-order valence-electron chi connectivity index (χ3n) is 5.75. The van der Waals surface area contributed by atoms with Crippen molar-refractivity contribution in [1.29, 1.82) is 0 Å². The minimum Gasteiger partial charge on any atom is -0.750 e. The summed E-state index contributed by atoms with van der Waals surface area (Å²) in [6, 6.07) is 0. The molecule has 0 aromatic heterocycles. The SMILES string of the molecule is CCC(C)(C)C(=O)OC(C)C(=O)OC1C(OS(=O)[O-])C2CCC1(C)C2. The number of hydrogen-bond donors (Lipinski definition) is 0. The lowest BCUT2D eigenvalue weighted by atomic mass is 9.82. The molecule has 2 fully saturated rings. The third kappa shape index (κ3) is 4.23. The summed E-state index contributed by atoms with van der Waals surface area (Å²) in [6.45, 7) is 8.79. The second-order valence-electron chi connectivity index (χ2n) is 8.06. The van der Waals surface area contributed by atoms with Crippen LogP contribution in [0.15, 0.2) is 0 Å². The van der Waals surface area contributed by atoms with Crippen LogP contribution in [0, 0.1) is 16.7 Å². The smallest absolute Gasteiger partial charge is 0.347 e. The fourth-order valence-corrected chi connectivity index (χ4v) is 4.10. The van der Waals surface area contributed by atoms with Gasteiger partial charge < -0.3 is 14.0 Å².